The van der Waals surface area contributed by atoms with E-state index in [4.69, 9.17) is 15.2 Å². The standard InChI is InChI=1S/C19H22N4O3/c1-21-19(22-12-13-4-2-5-14(10-13)18(20)24)23-15-6-7-16-17(11-15)26-9-3-8-25-16/h2,4-7,10-11H,3,8-9,12H2,1H3,(H2,20,24)(H2,21,22,23). The number of carbonyl (C=O) groups excluding carboxylic acids is 1. The van der Waals surface area contributed by atoms with E-state index in [9.17, 15) is 4.79 Å². The van der Waals surface area contributed by atoms with Gasteiger partial charge in [-0.3, -0.25) is 9.79 Å². The summed E-state index contributed by atoms with van der Waals surface area (Å²) in [6, 6.07) is 12.9. The fourth-order valence-electron chi connectivity index (χ4n) is 2.58. The van der Waals surface area contributed by atoms with Crippen LogP contribution in [0.15, 0.2) is 47.5 Å². The molecule has 7 nitrogen and oxygen atoms in total. The third-order valence-corrected chi connectivity index (χ3v) is 3.91. The first kappa shape index (κ1) is 17.6. The first-order chi connectivity index (χ1) is 12.7. The van der Waals surface area contributed by atoms with Crippen molar-refractivity contribution >= 4 is 17.6 Å². The molecule has 0 radical (unpaired) electrons. The van der Waals surface area contributed by atoms with Crippen LogP contribution < -0.4 is 25.8 Å². The molecule has 1 aliphatic heterocycles. The molecule has 26 heavy (non-hydrogen) atoms. The maximum Gasteiger partial charge on any atom is 0.248 e. The van der Waals surface area contributed by atoms with Gasteiger partial charge in [0.25, 0.3) is 0 Å². The highest BCUT2D eigenvalue weighted by molar-refractivity contribution is 5.94. The molecular formula is C19H22N4O3. The van der Waals surface area contributed by atoms with Gasteiger partial charge in [-0.15, -0.1) is 0 Å². The van der Waals surface area contributed by atoms with Crippen LogP contribution in [0.25, 0.3) is 0 Å². The molecule has 0 aromatic heterocycles. The molecule has 0 saturated carbocycles. The number of nitrogens with zero attached hydrogens (tertiary/aromatic N) is 1. The second kappa shape index (κ2) is 8.24. The van der Waals surface area contributed by atoms with Gasteiger partial charge in [0.15, 0.2) is 17.5 Å². The van der Waals surface area contributed by atoms with E-state index < -0.39 is 5.91 Å². The van der Waals surface area contributed by atoms with Crippen molar-refractivity contribution in [3.8, 4) is 11.5 Å². The van der Waals surface area contributed by atoms with Gasteiger partial charge in [-0.05, 0) is 29.8 Å². The number of rotatable bonds is 4. The van der Waals surface area contributed by atoms with Gasteiger partial charge in [-0.1, -0.05) is 12.1 Å². The Bertz CT molecular complexity index is 820. The Labute approximate surface area is 152 Å². The summed E-state index contributed by atoms with van der Waals surface area (Å²) in [5.41, 5.74) is 7.57. The molecule has 0 aliphatic carbocycles. The average Bonchev–Trinajstić information content (AvgIpc) is 2.90. The lowest BCUT2D eigenvalue weighted by molar-refractivity contribution is 0.1000. The fraction of sp³-hybridized carbons (Fsp3) is 0.263. The molecule has 0 unspecified atom stereocenters. The molecule has 7 heteroatoms. The van der Waals surface area contributed by atoms with Gasteiger partial charge in [0.1, 0.15) is 0 Å². The van der Waals surface area contributed by atoms with E-state index in [1.54, 1.807) is 25.2 Å². The number of aliphatic imine (C=N–C) groups is 1. The average molecular weight is 354 g/mol. The van der Waals surface area contributed by atoms with Gasteiger partial charge in [0, 0.05) is 37.3 Å². The van der Waals surface area contributed by atoms with Crippen molar-refractivity contribution in [2.75, 3.05) is 25.6 Å². The maximum atomic E-state index is 11.3. The third kappa shape index (κ3) is 4.44. The third-order valence-electron chi connectivity index (χ3n) is 3.91. The number of benzene rings is 2. The maximum absolute atomic E-state index is 11.3. The normalized spacial score (nSPS) is 13.7. The van der Waals surface area contributed by atoms with Crippen molar-refractivity contribution in [3.05, 3.63) is 53.6 Å². The van der Waals surface area contributed by atoms with E-state index in [0.29, 0.717) is 31.3 Å². The Morgan fingerprint density at radius 1 is 1.15 bits per heavy atom. The molecule has 0 atom stereocenters. The van der Waals surface area contributed by atoms with Gasteiger partial charge in [-0.2, -0.15) is 0 Å². The van der Waals surface area contributed by atoms with Crippen molar-refractivity contribution in [1.29, 1.82) is 0 Å². The summed E-state index contributed by atoms with van der Waals surface area (Å²) < 4.78 is 11.3. The van der Waals surface area contributed by atoms with Crippen LogP contribution in [-0.4, -0.2) is 32.1 Å². The molecule has 4 N–H and O–H groups in total. The lowest BCUT2D eigenvalue weighted by Crippen LogP contribution is -2.30. The Balaban J connectivity index is 1.64. The van der Waals surface area contributed by atoms with E-state index in [0.717, 1.165) is 29.2 Å². The van der Waals surface area contributed by atoms with Crippen LogP contribution in [0.1, 0.15) is 22.3 Å². The lowest BCUT2D eigenvalue weighted by Gasteiger charge is -2.14. The topological polar surface area (TPSA) is 98.0 Å². The second-order valence-electron chi connectivity index (χ2n) is 5.83. The first-order valence-corrected chi connectivity index (χ1v) is 8.42. The van der Waals surface area contributed by atoms with Crippen molar-refractivity contribution in [2.45, 2.75) is 13.0 Å². The molecule has 0 saturated heterocycles. The van der Waals surface area contributed by atoms with Crippen molar-refractivity contribution in [3.63, 3.8) is 0 Å². The SMILES string of the molecule is CN=C(NCc1cccc(C(N)=O)c1)Nc1ccc2c(c1)OCCCO2. The van der Waals surface area contributed by atoms with Crippen molar-refractivity contribution in [2.24, 2.45) is 10.7 Å². The van der Waals surface area contributed by atoms with Gasteiger partial charge in [0.2, 0.25) is 5.91 Å². The number of anilines is 1. The molecule has 2 aromatic rings. The number of amides is 1. The van der Waals surface area contributed by atoms with Crippen molar-refractivity contribution in [1.82, 2.24) is 5.32 Å². The van der Waals surface area contributed by atoms with Gasteiger partial charge in [-0.25, -0.2) is 0 Å². The summed E-state index contributed by atoms with van der Waals surface area (Å²) in [7, 11) is 1.69. The summed E-state index contributed by atoms with van der Waals surface area (Å²) in [6.45, 7) is 1.80. The highest BCUT2D eigenvalue weighted by Crippen LogP contribution is 2.32. The number of guanidine groups is 1. The molecule has 136 valence electrons. The van der Waals surface area contributed by atoms with E-state index in [-0.39, 0.29) is 0 Å². The minimum atomic E-state index is -0.443. The highest BCUT2D eigenvalue weighted by atomic mass is 16.5. The van der Waals surface area contributed by atoms with Crippen LogP contribution in [-0.2, 0) is 6.54 Å². The minimum Gasteiger partial charge on any atom is -0.490 e. The lowest BCUT2D eigenvalue weighted by atomic mass is 10.1. The Kier molecular flexibility index (Phi) is 5.58. The number of nitrogens with two attached hydrogens (primary N) is 1. The summed E-state index contributed by atoms with van der Waals surface area (Å²) in [5.74, 6) is 1.63. The summed E-state index contributed by atoms with van der Waals surface area (Å²) in [6.07, 6.45) is 0.866. The number of carbonyl (C=O) groups is 1. The number of primary amides is 1. The van der Waals surface area contributed by atoms with Gasteiger partial charge in [0.05, 0.1) is 13.2 Å². The van der Waals surface area contributed by atoms with Gasteiger partial charge >= 0.3 is 0 Å². The zero-order valence-corrected chi connectivity index (χ0v) is 14.6. The molecule has 0 fully saturated rings. The molecule has 3 rings (SSSR count). The van der Waals surface area contributed by atoms with Crippen molar-refractivity contribution < 1.29 is 14.3 Å². The molecule has 2 aromatic carbocycles. The Morgan fingerprint density at radius 2 is 1.96 bits per heavy atom. The van der Waals surface area contributed by atoms with Crippen LogP contribution >= 0.6 is 0 Å². The predicted molar refractivity (Wildman–Crippen MR) is 101 cm³/mol. The Morgan fingerprint density at radius 3 is 2.73 bits per heavy atom. The summed E-state index contributed by atoms with van der Waals surface area (Å²) >= 11 is 0. The molecule has 1 aliphatic rings. The molecule has 0 spiro atoms. The van der Waals surface area contributed by atoms with Crippen LogP contribution in [0.4, 0.5) is 5.69 Å². The fourth-order valence-corrected chi connectivity index (χ4v) is 2.58. The van der Waals surface area contributed by atoms with Crippen LogP contribution in [0, 0.1) is 0 Å². The molecule has 1 heterocycles. The highest BCUT2D eigenvalue weighted by Gasteiger charge is 2.11. The Hall–Kier alpha value is -3.22. The van der Waals surface area contributed by atoms with Crippen LogP contribution in [0.5, 0.6) is 11.5 Å². The van der Waals surface area contributed by atoms with E-state index >= 15 is 0 Å². The molecule has 1 amide bonds. The monoisotopic (exact) mass is 354 g/mol. The first-order valence-electron chi connectivity index (χ1n) is 8.42. The predicted octanol–water partition coefficient (Wildman–Crippen LogP) is 2.13. The smallest absolute Gasteiger partial charge is 0.248 e. The molecule has 0 bridgehead atoms. The number of fused-ring (bicyclic) bond motifs is 1. The quantitative estimate of drug-likeness (QED) is 0.577. The number of hydrogen-bond acceptors (Lipinski definition) is 4. The number of ether oxygens (including phenoxy) is 2. The largest absolute Gasteiger partial charge is 0.490 e. The van der Waals surface area contributed by atoms with Crippen LogP contribution in [0.2, 0.25) is 0 Å². The number of hydrogen-bond donors (Lipinski definition) is 3. The zero-order chi connectivity index (χ0) is 18.4. The van der Waals surface area contributed by atoms with E-state index in [2.05, 4.69) is 15.6 Å². The van der Waals surface area contributed by atoms with E-state index in [1.807, 2.05) is 24.3 Å². The summed E-state index contributed by atoms with van der Waals surface area (Å²) in [5, 5.41) is 6.43. The summed E-state index contributed by atoms with van der Waals surface area (Å²) in [4.78, 5) is 15.5. The zero-order valence-electron chi connectivity index (χ0n) is 14.6. The van der Waals surface area contributed by atoms with Gasteiger partial charge < -0.3 is 25.8 Å². The second-order valence-corrected chi connectivity index (χ2v) is 5.83. The van der Waals surface area contributed by atoms with Crippen LogP contribution in [0.3, 0.4) is 0 Å². The van der Waals surface area contributed by atoms with E-state index in [1.165, 1.54) is 0 Å². The number of nitrogens with one attached hydrogen (secondary N) is 2. The molecular weight excluding hydrogens is 332 g/mol. The minimum absolute atomic E-state index is 0.443.